The first kappa shape index (κ1) is 13.2. The van der Waals surface area contributed by atoms with Crippen molar-refractivity contribution in [3.8, 4) is 0 Å². The molecule has 1 nitrogen and oxygen atoms in total. The summed E-state index contributed by atoms with van der Waals surface area (Å²) in [4.78, 5) is 0. The summed E-state index contributed by atoms with van der Waals surface area (Å²) in [7, 11) is 0. The summed E-state index contributed by atoms with van der Waals surface area (Å²) in [6.45, 7) is 1.10. The van der Waals surface area contributed by atoms with Crippen LogP contribution < -0.4 is 5.32 Å². The molecule has 0 unspecified atom stereocenters. The van der Waals surface area contributed by atoms with E-state index >= 15 is 0 Å². The van der Waals surface area contributed by atoms with Gasteiger partial charge in [0.05, 0.1) is 0 Å². The fourth-order valence-corrected chi connectivity index (χ4v) is 2.71. The standard InChI is InChI=1S/C10H18F3NS/c11-10(12,13)5-2-7-15-8-4-9-3-1-6-14-9/h9,14H,1-8H2/t9-/m1/s1. The average molecular weight is 241 g/mol. The van der Waals surface area contributed by atoms with Gasteiger partial charge in [-0.1, -0.05) is 0 Å². The van der Waals surface area contributed by atoms with E-state index in [-0.39, 0.29) is 6.42 Å². The third-order valence-electron chi connectivity index (χ3n) is 2.52. The lowest BCUT2D eigenvalue weighted by Crippen LogP contribution is -2.21. The Morgan fingerprint density at radius 3 is 2.67 bits per heavy atom. The number of hydrogen-bond donors (Lipinski definition) is 1. The summed E-state index contributed by atoms with van der Waals surface area (Å²) >= 11 is 1.64. The Morgan fingerprint density at radius 1 is 1.27 bits per heavy atom. The van der Waals surface area contributed by atoms with Crippen LogP contribution in [0.5, 0.6) is 0 Å². The zero-order chi connectivity index (χ0) is 11.1. The Balaban J connectivity index is 1.84. The van der Waals surface area contributed by atoms with Gasteiger partial charge in [-0.15, -0.1) is 0 Å². The summed E-state index contributed by atoms with van der Waals surface area (Å²) in [6, 6.07) is 0.611. The number of alkyl halides is 3. The molecule has 0 saturated carbocycles. The molecule has 1 fully saturated rings. The van der Waals surface area contributed by atoms with E-state index in [0.29, 0.717) is 11.8 Å². The van der Waals surface area contributed by atoms with Gasteiger partial charge in [-0.3, -0.25) is 0 Å². The van der Waals surface area contributed by atoms with Gasteiger partial charge in [0, 0.05) is 12.5 Å². The quantitative estimate of drug-likeness (QED) is 0.717. The van der Waals surface area contributed by atoms with Crippen LogP contribution in [0.2, 0.25) is 0 Å². The highest BCUT2D eigenvalue weighted by molar-refractivity contribution is 7.99. The Kier molecular flexibility index (Phi) is 5.82. The van der Waals surface area contributed by atoms with Crippen molar-refractivity contribution in [2.24, 2.45) is 0 Å². The fraction of sp³-hybridized carbons (Fsp3) is 1.00. The highest BCUT2D eigenvalue weighted by Crippen LogP contribution is 2.23. The molecular formula is C10H18F3NS. The maximum absolute atomic E-state index is 11.8. The smallest absolute Gasteiger partial charge is 0.314 e. The fourth-order valence-electron chi connectivity index (χ4n) is 1.71. The Bertz CT molecular complexity index is 167. The van der Waals surface area contributed by atoms with Crippen LogP contribution in [0, 0.1) is 0 Å². The van der Waals surface area contributed by atoms with Crippen molar-refractivity contribution in [2.45, 2.75) is 44.3 Å². The van der Waals surface area contributed by atoms with Crippen LogP contribution in [0.25, 0.3) is 0 Å². The normalized spacial score (nSPS) is 22.2. The van der Waals surface area contributed by atoms with Crippen molar-refractivity contribution >= 4 is 11.8 Å². The number of nitrogens with one attached hydrogen (secondary N) is 1. The van der Waals surface area contributed by atoms with Crippen LogP contribution >= 0.6 is 11.8 Å². The highest BCUT2D eigenvalue weighted by Gasteiger charge is 2.25. The molecule has 0 spiro atoms. The van der Waals surface area contributed by atoms with Gasteiger partial charge < -0.3 is 5.32 Å². The lowest BCUT2D eigenvalue weighted by Gasteiger charge is -2.09. The van der Waals surface area contributed by atoms with E-state index in [2.05, 4.69) is 5.32 Å². The predicted octanol–water partition coefficient (Wildman–Crippen LogP) is 3.20. The van der Waals surface area contributed by atoms with Crippen molar-refractivity contribution in [1.29, 1.82) is 0 Å². The SMILES string of the molecule is FC(F)(F)CCCSCC[C@H]1CCCN1. The van der Waals surface area contributed by atoms with Crippen molar-refractivity contribution < 1.29 is 13.2 Å². The van der Waals surface area contributed by atoms with E-state index in [9.17, 15) is 13.2 Å². The largest absolute Gasteiger partial charge is 0.389 e. The number of halogens is 3. The minimum absolute atomic E-state index is 0.256. The first-order chi connectivity index (χ1) is 7.08. The van der Waals surface area contributed by atoms with Gasteiger partial charge in [-0.05, 0) is 43.7 Å². The Hall–Kier alpha value is 0.1000. The van der Waals surface area contributed by atoms with Crippen LogP contribution in [-0.4, -0.2) is 30.3 Å². The maximum atomic E-state index is 11.8. The van der Waals surface area contributed by atoms with Gasteiger partial charge in [0.2, 0.25) is 0 Å². The second-order valence-electron chi connectivity index (χ2n) is 3.91. The molecule has 1 saturated heterocycles. The Morgan fingerprint density at radius 2 is 2.07 bits per heavy atom. The number of thioether (sulfide) groups is 1. The van der Waals surface area contributed by atoms with Crippen molar-refractivity contribution in [1.82, 2.24) is 5.32 Å². The first-order valence-corrected chi connectivity index (χ1v) is 6.61. The van der Waals surface area contributed by atoms with Crippen molar-refractivity contribution in [3.05, 3.63) is 0 Å². The van der Waals surface area contributed by atoms with Crippen molar-refractivity contribution in [3.63, 3.8) is 0 Å². The van der Waals surface area contributed by atoms with Gasteiger partial charge in [0.15, 0.2) is 0 Å². The minimum Gasteiger partial charge on any atom is -0.314 e. The monoisotopic (exact) mass is 241 g/mol. The molecule has 90 valence electrons. The number of hydrogen-bond acceptors (Lipinski definition) is 2. The lowest BCUT2D eigenvalue weighted by atomic mass is 10.2. The zero-order valence-corrected chi connectivity index (χ0v) is 9.59. The molecule has 15 heavy (non-hydrogen) atoms. The zero-order valence-electron chi connectivity index (χ0n) is 8.78. The third-order valence-corrected chi connectivity index (χ3v) is 3.62. The Labute approximate surface area is 93.2 Å². The molecule has 0 aromatic rings. The van der Waals surface area contributed by atoms with E-state index in [1.165, 1.54) is 12.8 Å². The molecule has 0 aliphatic carbocycles. The molecule has 0 bridgehead atoms. The molecule has 5 heteroatoms. The van der Waals surface area contributed by atoms with Gasteiger partial charge in [0.1, 0.15) is 0 Å². The molecule has 0 aromatic heterocycles. The van der Waals surface area contributed by atoms with Gasteiger partial charge >= 0.3 is 6.18 Å². The van der Waals surface area contributed by atoms with E-state index in [0.717, 1.165) is 18.7 Å². The van der Waals surface area contributed by atoms with Crippen LogP contribution in [0.3, 0.4) is 0 Å². The van der Waals surface area contributed by atoms with Crippen LogP contribution in [0.4, 0.5) is 13.2 Å². The summed E-state index contributed by atoms with van der Waals surface area (Å²) in [5.74, 6) is 1.61. The first-order valence-electron chi connectivity index (χ1n) is 5.46. The van der Waals surface area contributed by atoms with E-state index in [1.54, 1.807) is 11.8 Å². The minimum atomic E-state index is -3.98. The highest BCUT2D eigenvalue weighted by atomic mass is 32.2. The molecule has 1 atom stereocenters. The summed E-state index contributed by atoms with van der Waals surface area (Å²) < 4.78 is 35.4. The van der Waals surface area contributed by atoms with Gasteiger partial charge in [0.25, 0.3) is 0 Å². The third kappa shape index (κ3) is 7.06. The van der Waals surface area contributed by atoms with Gasteiger partial charge in [-0.25, -0.2) is 0 Å². The molecule has 1 aliphatic rings. The molecule has 1 aliphatic heterocycles. The van der Waals surface area contributed by atoms with E-state index < -0.39 is 12.6 Å². The van der Waals surface area contributed by atoms with Crippen LogP contribution in [0.15, 0.2) is 0 Å². The molecule has 0 aromatic carbocycles. The predicted molar refractivity (Wildman–Crippen MR) is 58.3 cm³/mol. The average Bonchev–Trinajstić information content (AvgIpc) is 2.61. The molecule has 1 heterocycles. The lowest BCUT2D eigenvalue weighted by molar-refractivity contribution is -0.134. The van der Waals surface area contributed by atoms with Crippen LogP contribution in [0.1, 0.15) is 32.1 Å². The maximum Gasteiger partial charge on any atom is 0.389 e. The molecule has 0 radical (unpaired) electrons. The topological polar surface area (TPSA) is 12.0 Å². The van der Waals surface area contributed by atoms with Gasteiger partial charge in [-0.2, -0.15) is 24.9 Å². The summed E-state index contributed by atoms with van der Waals surface area (Å²) in [5, 5.41) is 3.38. The second kappa shape index (κ2) is 6.63. The second-order valence-corrected chi connectivity index (χ2v) is 5.14. The molecular weight excluding hydrogens is 223 g/mol. The summed E-state index contributed by atoms with van der Waals surface area (Å²) in [5.41, 5.74) is 0. The molecule has 1 rings (SSSR count). The molecule has 1 N–H and O–H groups in total. The van der Waals surface area contributed by atoms with Crippen molar-refractivity contribution in [2.75, 3.05) is 18.1 Å². The number of rotatable bonds is 6. The van der Waals surface area contributed by atoms with Crippen LogP contribution in [-0.2, 0) is 0 Å². The summed E-state index contributed by atoms with van der Waals surface area (Å²) in [6.07, 6.45) is -0.801. The van der Waals surface area contributed by atoms with E-state index in [4.69, 9.17) is 0 Å². The van der Waals surface area contributed by atoms with E-state index in [1.807, 2.05) is 0 Å². The molecule has 0 amide bonds.